The summed E-state index contributed by atoms with van der Waals surface area (Å²) in [5.41, 5.74) is 0. The lowest BCUT2D eigenvalue weighted by Gasteiger charge is -2.47. The molecule has 0 aromatic rings. The van der Waals surface area contributed by atoms with Gasteiger partial charge in [0.05, 0.1) is 0 Å². The Morgan fingerprint density at radius 2 is 1.73 bits per heavy atom. The van der Waals surface area contributed by atoms with Gasteiger partial charge in [-0.25, -0.2) is 0 Å². The van der Waals surface area contributed by atoms with Gasteiger partial charge in [0.1, 0.15) is 0 Å². The van der Waals surface area contributed by atoms with Crippen LogP contribution in [0.15, 0.2) is 12.2 Å². The second-order valence-electron chi connectivity index (χ2n) is 8.62. The van der Waals surface area contributed by atoms with Crippen molar-refractivity contribution < 1.29 is 0 Å². The lowest BCUT2D eigenvalue weighted by molar-refractivity contribution is 0.0254. The third-order valence-corrected chi connectivity index (χ3v) is 7.09. The molecule has 4 rings (SSSR count). The zero-order valence-corrected chi connectivity index (χ0v) is 14.4. The van der Waals surface area contributed by atoms with Crippen LogP contribution in [0.1, 0.15) is 58.3 Å². The number of hydrogen-bond donors (Lipinski definition) is 0. The molecular weight excluding hydrogens is 268 g/mol. The van der Waals surface area contributed by atoms with E-state index in [-0.39, 0.29) is 0 Å². The summed E-state index contributed by atoms with van der Waals surface area (Å²) in [6.45, 7) is 7.88. The maximum absolute atomic E-state index is 2.86. The smallest absolute Gasteiger partial charge is 0.0166 e. The van der Waals surface area contributed by atoms with Crippen molar-refractivity contribution in [3.05, 3.63) is 12.2 Å². The highest BCUT2D eigenvalue weighted by Gasteiger charge is 2.36. The number of piperidine rings is 3. The van der Waals surface area contributed by atoms with Gasteiger partial charge < -0.3 is 0 Å². The van der Waals surface area contributed by atoms with Crippen LogP contribution in [0.25, 0.3) is 0 Å². The second kappa shape index (κ2) is 6.65. The highest BCUT2D eigenvalue weighted by atomic mass is 15.2. The Labute approximate surface area is 136 Å². The molecule has 0 aromatic carbocycles. The first-order valence-electron chi connectivity index (χ1n) is 9.92. The van der Waals surface area contributed by atoms with Gasteiger partial charge in [-0.05, 0) is 75.7 Å². The summed E-state index contributed by atoms with van der Waals surface area (Å²) in [7, 11) is 0. The first-order chi connectivity index (χ1) is 10.8. The first kappa shape index (κ1) is 15.2. The van der Waals surface area contributed by atoms with Crippen LogP contribution >= 0.6 is 0 Å². The van der Waals surface area contributed by atoms with E-state index in [1.807, 2.05) is 0 Å². The van der Waals surface area contributed by atoms with E-state index >= 15 is 0 Å². The Hall–Kier alpha value is -0.340. The third-order valence-electron chi connectivity index (χ3n) is 7.09. The molecule has 0 bridgehead atoms. The normalized spacial score (nSPS) is 43.6. The van der Waals surface area contributed by atoms with Crippen molar-refractivity contribution in [2.75, 3.05) is 26.2 Å². The van der Waals surface area contributed by atoms with E-state index in [2.05, 4.69) is 28.9 Å². The molecule has 4 aliphatic heterocycles. The first-order valence-corrected chi connectivity index (χ1v) is 9.92. The highest BCUT2D eigenvalue weighted by Crippen LogP contribution is 2.37. The van der Waals surface area contributed by atoms with Crippen LogP contribution in [0.4, 0.5) is 0 Å². The monoisotopic (exact) mass is 302 g/mol. The zero-order chi connectivity index (χ0) is 14.9. The largest absolute Gasteiger partial charge is 0.300 e. The molecule has 2 nitrogen and oxygen atoms in total. The van der Waals surface area contributed by atoms with Crippen LogP contribution in [0.2, 0.25) is 0 Å². The van der Waals surface area contributed by atoms with E-state index in [9.17, 15) is 0 Å². The van der Waals surface area contributed by atoms with Crippen LogP contribution in [-0.2, 0) is 0 Å². The van der Waals surface area contributed by atoms with E-state index in [1.54, 1.807) is 0 Å². The van der Waals surface area contributed by atoms with Crippen LogP contribution in [0, 0.1) is 17.8 Å². The summed E-state index contributed by atoms with van der Waals surface area (Å²) in [4.78, 5) is 5.63. The quantitative estimate of drug-likeness (QED) is 0.713. The zero-order valence-electron chi connectivity index (χ0n) is 14.4. The van der Waals surface area contributed by atoms with Crippen molar-refractivity contribution in [1.82, 2.24) is 9.80 Å². The standard InChI is InChI=1S/C20H34N2/c1-16-5-4-12-22-15-18(8-10-20(16)22)13-17-7-9-19-6-2-3-11-21(19)14-17/h2-3,16-20H,4-15H2,1H3. The predicted molar refractivity (Wildman–Crippen MR) is 92.9 cm³/mol. The summed E-state index contributed by atoms with van der Waals surface area (Å²) in [5, 5.41) is 0. The molecular formula is C20H34N2. The van der Waals surface area contributed by atoms with Crippen molar-refractivity contribution in [1.29, 1.82) is 0 Å². The Morgan fingerprint density at radius 3 is 2.64 bits per heavy atom. The molecule has 0 N–H and O–H groups in total. The van der Waals surface area contributed by atoms with E-state index in [0.717, 1.165) is 29.8 Å². The number of hydrogen-bond acceptors (Lipinski definition) is 2. The van der Waals surface area contributed by atoms with E-state index in [4.69, 9.17) is 0 Å². The summed E-state index contributed by atoms with van der Waals surface area (Å²) >= 11 is 0. The van der Waals surface area contributed by atoms with E-state index < -0.39 is 0 Å². The predicted octanol–water partition coefficient (Wildman–Crippen LogP) is 3.93. The minimum atomic E-state index is 0.875. The molecule has 4 aliphatic rings. The lowest BCUT2D eigenvalue weighted by atomic mass is 9.77. The molecule has 2 heteroatoms. The topological polar surface area (TPSA) is 6.48 Å². The summed E-state index contributed by atoms with van der Waals surface area (Å²) in [5.74, 6) is 2.92. The van der Waals surface area contributed by atoms with Gasteiger partial charge in [0.25, 0.3) is 0 Å². The molecule has 3 fully saturated rings. The number of rotatable bonds is 2. The fourth-order valence-electron chi connectivity index (χ4n) is 5.85. The van der Waals surface area contributed by atoms with Crippen molar-refractivity contribution in [3.63, 3.8) is 0 Å². The summed E-state index contributed by atoms with van der Waals surface area (Å²) < 4.78 is 0. The Balaban J connectivity index is 1.30. The molecule has 0 saturated carbocycles. The molecule has 0 spiro atoms. The molecule has 5 unspecified atom stereocenters. The van der Waals surface area contributed by atoms with Crippen molar-refractivity contribution in [3.8, 4) is 0 Å². The van der Waals surface area contributed by atoms with Crippen LogP contribution in [0.3, 0.4) is 0 Å². The molecule has 0 aliphatic carbocycles. The molecule has 0 aromatic heterocycles. The molecule has 0 amide bonds. The molecule has 0 radical (unpaired) electrons. The molecule has 124 valence electrons. The minimum Gasteiger partial charge on any atom is -0.300 e. The maximum Gasteiger partial charge on any atom is 0.0166 e. The van der Waals surface area contributed by atoms with Crippen LogP contribution < -0.4 is 0 Å². The minimum absolute atomic E-state index is 0.875. The SMILES string of the molecule is CC1CCCN2CC(CC3CCC4CC=CCN4C3)CCC12. The lowest BCUT2D eigenvalue weighted by Crippen LogP contribution is -2.50. The maximum atomic E-state index is 2.86. The Morgan fingerprint density at radius 1 is 0.909 bits per heavy atom. The molecule has 4 heterocycles. The molecule has 3 saturated heterocycles. The average molecular weight is 303 g/mol. The van der Waals surface area contributed by atoms with Gasteiger partial charge in [-0.3, -0.25) is 9.80 Å². The van der Waals surface area contributed by atoms with Gasteiger partial charge in [0, 0.05) is 31.7 Å². The van der Waals surface area contributed by atoms with Gasteiger partial charge >= 0.3 is 0 Å². The summed E-state index contributed by atoms with van der Waals surface area (Å²) in [6.07, 6.45) is 16.4. The third kappa shape index (κ3) is 3.14. The summed E-state index contributed by atoms with van der Waals surface area (Å²) in [6, 6.07) is 1.80. The van der Waals surface area contributed by atoms with Gasteiger partial charge in [0.2, 0.25) is 0 Å². The van der Waals surface area contributed by atoms with Crippen LogP contribution in [-0.4, -0.2) is 48.1 Å². The van der Waals surface area contributed by atoms with Gasteiger partial charge in [-0.2, -0.15) is 0 Å². The highest BCUT2D eigenvalue weighted by molar-refractivity contribution is 4.99. The van der Waals surface area contributed by atoms with E-state index in [1.165, 1.54) is 77.5 Å². The van der Waals surface area contributed by atoms with Crippen molar-refractivity contribution >= 4 is 0 Å². The van der Waals surface area contributed by atoms with Crippen molar-refractivity contribution in [2.24, 2.45) is 17.8 Å². The fraction of sp³-hybridized carbons (Fsp3) is 0.900. The van der Waals surface area contributed by atoms with Gasteiger partial charge in [0.15, 0.2) is 0 Å². The number of fused-ring (bicyclic) bond motifs is 2. The molecule has 22 heavy (non-hydrogen) atoms. The second-order valence-corrected chi connectivity index (χ2v) is 8.62. The molecule has 5 atom stereocenters. The Bertz CT molecular complexity index is 405. The van der Waals surface area contributed by atoms with Crippen LogP contribution in [0.5, 0.6) is 0 Å². The Kier molecular flexibility index (Phi) is 4.59. The van der Waals surface area contributed by atoms with E-state index in [0.29, 0.717) is 0 Å². The van der Waals surface area contributed by atoms with Gasteiger partial charge in [-0.15, -0.1) is 0 Å². The fourth-order valence-corrected chi connectivity index (χ4v) is 5.85. The number of nitrogens with zero attached hydrogens (tertiary/aromatic N) is 2. The average Bonchev–Trinajstić information content (AvgIpc) is 2.55. The van der Waals surface area contributed by atoms with Crippen molar-refractivity contribution in [2.45, 2.75) is 70.4 Å². The van der Waals surface area contributed by atoms with Gasteiger partial charge in [-0.1, -0.05) is 19.1 Å².